The van der Waals surface area contributed by atoms with Crippen LogP contribution in [0.25, 0.3) is 6.08 Å². The van der Waals surface area contributed by atoms with Crippen molar-refractivity contribution in [2.45, 2.75) is 19.8 Å². The van der Waals surface area contributed by atoms with Crippen molar-refractivity contribution in [3.63, 3.8) is 0 Å². The van der Waals surface area contributed by atoms with E-state index in [-0.39, 0.29) is 17.5 Å². The second kappa shape index (κ2) is 9.30. The van der Waals surface area contributed by atoms with Gasteiger partial charge in [0.05, 0.1) is 0 Å². The molecule has 2 rings (SSSR count). The van der Waals surface area contributed by atoms with Crippen LogP contribution in [0.5, 0.6) is 0 Å². The molecule has 0 aliphatic heterocycles. The fraction of sp³-hybridized carbons (Fsp3) is 0.200. The van der Waals surface area contributed by atoms with E-state index in [9.17, 15) is 9.59 Å². The average Bonchev–Trinajstić information content (AvgIpc) is 2.63. The molecule has 4 heteroatoms. The molecule has 0 radical (unpaired) electrons. The summed E-state index contributed by atoms with van der Waals surface area (Å²) >= 11 is 0. The molecule has 0 unspecified atom stereocenters. The monoisotopic (exact) mass is 322 g/mol. The van der Waals surface area contributed by atoms with E-state index in [2.05, 4.69) is 17.6 Å². The number of carbonyl (C=O) groups is 2. The summed E-state index contributed by atoms with van der Waals surface area (Å²) in [6.45, 7) is 2.65. The van der Waals surface area contributed by atoms with Gasteiger partial charge in [0.15, 0.2) is 0 Å². The molecule has 0 atom stereocenters. The minimum atomic E-state index is -0.302. The van der Waals surface area contributed by atoms with Gasteiger partial charge in [0, 0.05) is 12.1 Å². The lowest BCUT2D eigenvalue weighted by atomic mass is 10.1. The third kappa shape index (κ3) is 5.39. The number of rotatable bonds is 7. The summed E-state index contributed by atoms with van der Waals surface area (Å²) in [5, 5.41) is 5.56. The zero-order valence-electron chi connectivity index (χ0n) is 13.8. The molecule has 0 spiro atoms. The molecule has 24 heavy (non-hydrogen) atoms. The summed E-state index contributed by atoms with van der Waals surface area (Å²) in [5.41, 5.74) is 1.61. The third-order valence-electron chi connectivity index (χ3n) is 3.46. The Balaban J connectivity index is 2.17. The SMILES string of the molecule is CCCCNC(=O)/C(=C/c1ccccc1)NC(=O)c1ccccc1. The van der Waals surface area contributed by atoms with Gasteiger partial charge in [-0.15, -0.1) is 0 Å². The second-order valence-electron chi connectivity index (χ2n) is 5.40. The highest BCUT2D eigenvalue weighted by Crippen LogP contribution is 2.07. The van der Waals surface area contributed by atoms with Crippen LogP contribution in [-0.2, 0) is 4.79 Å². The Morgan fingerprint density at radius 2 is 1.58 bits per heavy atom. The van der Waals surface area contributed by atoms with Crippen LogP contribution in [0.2, 0.25) is 0 Å². The number of hydrogen-bond acceptors (Lipinski definition) is 2. The summed E-state index contributed by atoms with van der Waals surface area (Å²) in [4.78, 5) is 24.7. The van der Waals surface area contributed by atoms with Gasteiger partial charge in [-0.3, -0.25) is 9.59 Å². The van der Waals surface area contributed by atoms with Crippen LogP contribution >= 0.6 is 0 Å². The Kier molecular flexibility index (Phi) is 6.77. The maximum absolute atomic E-state index is 12.4. The third-order valence-corrected chi connectivity index (χ3v) is 3.46. The van der Waals surface area contributed by atoms with Crippen LogP contribution < -0.4 is 10.6 Å². The molecule has 0 bridgehead atoms. The maximum atomic E-state index is 12.4. The van der Waals surface area contributed by atoms with Crippen molar-refractivity contribution in [3.8, 4) is 0 Å². The lowest BCUT2D eigenvalue weighted by Crippen LogP contribution is -2.35. The molecule has 0 saturated heterocycles. The van der Waals surface area contributed by atoms with Gasteiger partial charge in [-0.1, -0.05) is 61.9 Å². The van der Waals surface area contributed by atoms with Gasteiger partial charge in [-0.05, 0) is 30.2 Å². The van der Waals surface area contributed by atoms with Crippen molar-refractivity contribution in [2.75, 3.05) is 6.54 Å². The molecule has 0 aliphatic rings. The van der Waals surface area contributed by atoms with Crippen molar-refractivity contribution in [1.29, 1.82) is 0 Å². The highest BCUT2D eigenvalue weighted by Gasteiger charge is 2.14. The number of nitrogens with one attached hydrogen (secondary N) is 2. The summed E-state index contributed by atoms with van der Waals surface area (Å²) in [6.07, 6.45) is 3.58. The van der Waals surface area contributed by atoms with E-state index in [1.165, 1.54) is 0 Å². The molecule has 124 valence electrons. The fourth-order valence-corrected chi connectivity index (χ4v) is 2.13. The van der Waals surface area contributed by atoms with Gasteiger partial charge < -0.3 is 10.6 Å². The molecule has 0 heterocycles. The van der Waals surface area contributed by atoms with E-state index in [0.29, 0.717) is 12.1 Å². The van der Waals surface area contributed by atoms with E-state index in [0.717, 1.165) is 18.4 Å². The summed E-state index contributed by atoms with van der Waals surface area (Å²) < 4.78 is 0. The first-order valence-corrected chi connectivity index (χ1v) is 8.12. The van der Waals surface area contributed by atoms with Crippen molar-refractivity contribution in [3.05, 3.63) is 77.5 Å². The number of unbranched alkanes of at least 4 members (excludes halogenated alkanes) is 1. The number of hydrogen-bond donors (Lipinski definition) is 2. The Hall–Kier alpha value is -2.88. The average molecular weight is 322 g/mol. The minimum absolute atomic E-state index is 0.242. The lowest BCUT2D eigenvalue weighted by molar-refractivity contribution is -0.117. The van der Waals surface area contributed by atoms with Gasteiger partial charge >= 0.3 is 0 Å². The van der Waals surface area contributed by atoms with Crippen molar-refractivity contribution in [2.24, 2.45) is 0 Å². The Morgan fingerprint density at radius 3 is 2.21 bits per heavy atom. The molecular formula is C20H22N2O2. The molecule has 0 saturated carbocycles. The van der Waals surface area contributed by atoms with Crippen molar-refractivity contribution in [1.82, 2.24) is 10.6 Å². The molecule has 2 aromatic rings. The topological polar surface area (TPSA) is 58.2 Å². The lowest BCUT2D eigenvalue weighted by Gasteiger charge is -2.11. The minimum Gasteiger partial charge on any atom is -0.351 e. The standard InChI is InChI=1S/C20H22N2O2/c1-2-3-14-21-20(24)18(15-16-10-6-4-7-11-16)22-19(23)17-12-8-5-9-13-17/h4-13,15H,2-3,14H2,1H3,(H,21,24)(H,22,23)/b18-15-. The van der Waals surface area contributed by atoms with Gasteiger partial charge in [0.2, 0.25) is 0 Å². The normalized spacial score (nSPS) is 11.0. The fourth-order valence-electron chi connectivity index (χ4n) is 2.13. The second-order valence-corrected chi connectivity index (χ2v) is 5.40. The van der Waals surface area contributed by atoms with Gasteiger partial charge in [0.1, 0.15) is 5.70 Å². The zero-order chi connectivity index (χ0) is 17.2. The first-order valence-electron chi connectivity index (χ1n) is 8.12. The predicted molar refractivity (Wildman–Crippen MR) is 96.2 cm³/mol. The Labute approximate surface area is 142 Å². The van der Waals surface area contributed by atoms with Crippen LogP contribution in [0.15, 0.2) is 66.4 Å². The number of benzene rings is 2. The molecule has 2 amide bonds. The van der Waals surface area contributed by atoms with E-state index in [1.54, 1.807) is 30.3 Å². The first kappa shape index (κ1) is 17.5. The van der Waals surface area contributed by atoms with Crippen molar-refractivity contribution < 1.29 is 9.59 Å². The smallest absolute Gasteiger partial charge is 0.267 e. The number of amides is 2. The first-order chi connectivity index (χ1) is 11.7. The van der Waals surface area contributed by atoms with Crippen LogP contribution in [0.1, 0.15) is 35.7 Å². The van der Waals surface area contributed by atoms with E-state index >= 15 is 0 Å². The van der Waals surface area contributed by atoms with E-state index < -0.39 is 0 Å². The van der Waals surface area contributed by atoms with Gasteiger partial charge in [0.25, 0.3) is 11.8 Å². The van der Waals surface area contributed by atoms with Crippen LogP contribution in [-0.4, -0.2) is 18.4 Å². The molecule has 4 nitrogen and oxygen atoms in total. The molecular weight excluding hydrogens is 300 g/mol. The van der Waals surface area contributed by atoms with E-state index in [4.69, 9.17) is 0 Å². The predicted octanol–water partition coefficient (Wildman–Crippen LogP) is 3.37. The molecule has 0 fully saturated rings. The largest absolute Gasteiger partial charge is 0.351 e. The Morgan fingerprint density at radius 1 is 0.958 bits per heavy atom. The summed E-state index contributed by atoms with van der Waals surface area (Å²) in [5.74, 6) is -0.583. The number of carbonyl (C=O) groups excluding carboxylic acids is 2. The van der Waals surface area contributed by atoms with Crippen LogP contribution in [0.4, 0.5) is 0 Å². The molecule has 2 N–H and O–H groups in total. The molecule has 2 aromatic carbocycles. The highest BCUT2D eigenvalue weighted by molar-refractivity contribution is 6.05. The quantitative estimate of drug-likeness (QED) is 0.606. The summed E-state index contributed by atoms with van der Waals surface area (Å²) in [6, 6.07) is 18.3. The van der Waals surface area contributed by atoms with Gasteiger partial charge in [-0.25, -0.2) is 0 Å². The molecule has 0 aliphatic carbocycles. The Bertz CT molecular complexity index is 694. The van der Waals surface area contributed by atoms with Crippen LogP contribution in [0.3, 0.4) is 0 Å². The van der Waals surface area contributed by atoms with Crippen molar-refractivity contribution >= 4 is 17.9 Å². The zero-order valence-corrected chi connectivity index (χ0v) is 13.8. The van der Waals surface area contributed by atoms with Gasteiger partial charge in [-0.2, -0.15) is 0 Å². The van der Waals surface area contributed by atoms with Crippen LogP contribution in [0, 0.1) is 0 Å². The highest BCUT2D eigenvalue weighted by atomic mass is 16.2. The maximum Gasteiger partial charge on any atom is 0.267 e. The van der Waals surface area contributed by atoms with E-state index in [1.807, 2.05) is 36.4 Å². The summed E-state index contributed by atoms with van der Waals surface area (Å²) in [7, 11) is 0. The molecule has 0 aromatic heterocycles.